The summed E-state index contributed by atoms with van der Waals surface area (Å²) < 4.78 is 10.5. The van der Waals surface area contributed by atoms with E-state index in [-0.39, 0.29) is 30.7 Å². The van der Waals surface area contributed by atoms with Crippen LogP contribution in [0.25, 0.3) is 0 Å². The van der Waals surface area contributed by atoms with E-state index < -0.39 is 0 Å². The minimum Gasteiger partial charge on any atom is -0.454 e. The van der Waals surface area contributed by atoms with Gasteiger partial charge in [-0.3, -0.25) is 9.59 Å². The number of hydrogen-bond donors (Lipinski definition) is 2. The molecule has 2 N–H and O–H groups in total. The Morgan fingerprint density at radius 3 is 2.50 bits per heavy atom. The summed E-state index contributed by atoms with van der Waals surface area (Å²) in [6.07, 6.45) is 2.91. The Hall–Kier alpha value is -3.02. The lowest BCUT2D eigenvalue weighted by atomic mass is 9.72. The molecule has 0 bridgehead atoms. The van der Waals surface area contributed by atoms with Gasteiger partial charge in [0, 0.05) is 5.56 Å². The van der Waals surface area contributed by atoms with Crippen molar-refractivity contribution in [1.29, 1.82) is 0 Å². The van der Waals surface area contributed by atoms with Crippen molar-refractivity contribution in [2.45, 2.75) is 24.8 Å². The van der Waals surface area contributed by atoms with Crippen molar-refractivity contribution in [3.05, 3.63) is 59.7 Å². The van der Waals surface area contributed by atoms with Crippen LogP contribution in [0, 0.1) is 0 Å². The van der Waals surface area contributed by atoms with E-state index in [1.54, 1.807) is 18.2 Å². The average molecular weight is 352 g/mol. The fourth-order valence-corrected chi connectivity index (χ4v) is 3.38. The minimum atomic E-state index is -0.319. The van der Waals surface area contributed by atoms with Gasteiger partial charge in [-0.15, -0.1) is 0 Å². The Morgan fingerprint density at radius 1 is 1.00 bits per heavy atom. The van der Waals surface area contributed by atoms with Crippen LogP contribution < -0.4 is 20.1 Å². The van der Waals surface area contributed by atoms with E-state index in [0.29, 0.717) is 17.1 Å². The molecule has 134 valence electrons. The highest BCUT2D eigenvalue weighted by molar-refractivity contribution is 5.97. The lowest BCUT2D eigenvalue weighted by Crippen LogP contribution is -2.53. The standard InChI is InChI=1S/C20H20N2O4/c23-18(22-20(9-4-10-20)15-5-2-1-3-6-15)12-21-19(24)14-7-8-16-17(11-14)26-13-25-16/h1-3,5-8,11H,4,9-10,12-13H2,(H,21,24)(H,22,23). The molecule has 1 aliphatic carbocycles. The van der Waals surface area contributed by atoms with Crippen LogP contribution in [-0.4, -0.2) is 25.2 Å². The van der Waals surface area contributed by atoms with Crippen LogP contribution in [0.4, 0.5) is 0 Å². The Morgan fingerprint density at radius 2 is 1.77 bits per heavy atom. The van der Waals surface area contributed by atoms with Gasteiger partial charge in [-0.25, -0.2) is 0 Å². The Balaban J connectivity index is 1.36. The average Bonchev–Trinajstić information content (AvgIpc) is 3.11. The van der Waals surface area contributed by atoms with Gasteiger partial charge >= 0.3 is 0 Å². The molecule has 6 nitrogen and oxygen atoms in total. The second-order valence-corrected chi connectivity index (χ2v) is 6.60. The molecule has 0 aromatic heterocycles. The summed E-state index contributed by atoms with van der Waals surface area (Å²) in [6.45, 7) is 0.0895. The third kappa shape index (κ3) is 3.10. The Bertz CT molecular complexity index is 831. The van der Waals surface area contributed by atoms with Gasteiger partial charge in [-0.2, -0.15) is 0 Å². The summed E-state index contributed by atoms with van der Waals surface area (Å²) in [6, 6.07) is 14.9. The SMILES string of the molecule is O=C(CNC(=O)c1ccc2c(c1)OCO2)NC1(c2ccccc2)CCC1. The van der Waals surface area contributed by atoms with E-state index in [4.69, 9.17) is 9.47 Å². The third-order valence-corrected chi connectivity index (χ3v) is 4.96. The number of fused-ring (bicyclic) bond motifs is 1. The molecule has 1 aliphatic heterocycles. The van der Waals surface area contributed by atoms with Gasteiger partial charge in [0.05, 0.1) is 12.1 Å². The summed E-state index contributed by atoms with van der Waals surface area (Å²) >= 11 is 0. The van der Waals surface area contributed by atoms with Gasteiger partial charge in [-0.05, 0) is 43.0 Å². The first-order valence-corrected chi connectivity index (χ1v) is 8.71. The van der Waals surface area contributed by atoms with E-state index in [1.165, 1.54) is 0 Å². The number of carbonyl (C=O) groups excluding carboxylic acids is 2. The molecule has 0 atom stereocenters. The number of rotatable bonds is 5. The summed E-state index contributed by atoms with van der Waals surface area (Å²) in [5.74, 6) is 0.650. The molecule has 1 heterocycles. The molecule has 0 saturated heterocycles. The van der Waals surface area contributed by atoms with Gasteiger partial charge in [-0.1, -0.05) is 30.3 Å². The maximum absolute atomic E-state index is 12.4. The van der Waals surface area contributed by atoms with Crippen molar-refractivity contribution >= 4 is 11.8 Å². The molecule has 2 aliphatic rings. The largest absolute Gasteiger partial charge is 0.454 e. The predicted octanol–water partition coefficient (Wildman–Crippen LogP) is 2.34. The zero-order valence-corrected chi connectivity index (χ0v) is 14.3. The molecule has 1 saturated carbocycles. The van der Waals surface area contributed by atoms with Gasteiger partial charge in [0.25, 0.3) is 5.91 Å². The molecular weight excluding hydrogens is 332 g/mol. The van der Waals surface area contributed by atoms with E-state index in [9.17, 15) is 9.59 Å². The summed E-state index contributed by atoms with van der Waals surface area (Å²) in [5, 5.41) is 5.76. The van der Waals surface area contributed by atoms with Crippen molar-refractivity contribution in [3.63, 3.8) is 0 Å². The van der Waals surface area contributed by atoms with E-state index >= 15 is 0 Å². The zero-order chi connectivity index (χ0) is 18.0. The van der Waals surface area contributed by atoms with Crippen LogP contribution in [0.3, 0.4) is 0 Å². The number of ether oxygens (including phenoxy) is 2. The highest BCUT2D eigenvalue weighted by Gasteiger charge is 2.39. The topological polar surface area (TPSA) is 76.7 Å². The summed E-state index contributed by atoms with van der Waals surface area (Å²) in [4.78, 5) is 24.7. The Kier molecular flexibility index (Phi) is 4.24. The van der Waals surface area contributed by atoms with Crippen molar-refractivity contribution in [3.8, 4) is 11.5 Å². The van der Waals surface area contributed by atoms with E-state index in [0.717, 1.165) is 24.8 Å². The van der Waals surface area contributed by atoms with E-state index in [1.807, 2.05) is 30.3 Å². The second kappa shape index (κ2) is 6.71. The minimum absolute atomic E-state index is 0.0676. The third-order valence-electron chi connectivity index (χ3n) is 4.96. The molecule has 6 heteroatoms. The molecular formula is C20H20N2O4. The molecule has 0 spiro atoms. The van der Waals surface area contributed by atoms with Gasteiger partial charge in [0.15, 0.2) is 11.5 Å². The molecule has 1 fully saturated rings. The molecule has 2 aromatic carbocycles. The molecule has 0 unspecified atom stereocenters. The first-order chi connectivity index (χ1) is 12.7. The van der Waals surface area contributed by atoms with Crippen molar-refractivity contribution < 1.29 is 19.1 Å². The Labute approximate surface area is 151 Å². The van der Waals surface area contributed by atoms with Crippen LogP contribution in [0.1, 0.15) is 35.2 Å². The monoisotopic (exact) mass is 352 g/mol. The van der Waals surface area contributed by atoms with Crippen LogP contribution >= 0.6 is 0 Å². The van der Waals surface area contributed by atoms with Gasteiger partial charge in [0.1, 0.15) is 0 Å². The van der Waals surface area contributed by atoms with Crippen LogP contribution in [0.2, 0.25) is 0 Å². The number of hydrogen-bond acceptors (Lipinski definition) is 4. The molecule has 26 heavy (non-hydrogen) atoms. The molecule has 4 rings (SSSR count). The predicted molar refractivity (Wildman–Crippen MR) is 95.0 cm³/mol. The maximum atomic E-state index is 12.4. The highest BCUT2D eigenvalue weighted by Crippen LogP contribution is 2.41. The molecule has 0 radical (unpaired) electrons. The quantitative estimate of drug-likeness (QED) is 0.866. The van der Waals surface area contributed by atoms with Crippen LogP contribution in [0.15, 0.2) is 48.5 Å². The summed E-state index contributed by atoms with van der Waals surface area (Å²) in [5.41, 5.74) is 1.24. The molecule has 2 aromatic rings. The normalized spacial score (nSPS) is 16.5. The zero-order valence-electron chi connectivity index (χ0n) is 14.3. The lowest BCUT2D eigenvalue weighted by Gasteiger charge is -2.43. The summed E-state index contributed by atoms with van der Waals surface area (Å²) in [7, 11) is 0. The fraction of sp³-hybridized carbons (Fsp3) is 0.300. The highest BCUT2D eigenvalue weighted by atomic mass is 16.7. The van der Waals surface area contributed by atoms with Crippen LogP contribution in [0.5, 0.6) is 11.5 Å². The number of nitrogens with one attached hydrogen (secondary N) is 2. The maximum Gasteiger partial charge on any atom is 0.251 e. The number of carbonyl (C=O) groups is 2. The number of amides is 2. The fourth-order valence-electron chi connectivity index (χ4n) is 3.38. The smallest absolute Gasteiger partial charge is 0.251 e. The first kappa shape index (κ1) is 16.4. The lowest BCUT2D eigenvalue weighted by molar-refractivity contribution is -0.123. The van der Waals surface area contributed by atoms with Gasteiger partial charge in [0.2, 0.25) is 12.7 Å². The van der Waals surface area contributed by atoms with Crippen molar-refractivity contribution in [2.75, 3.05) is 13.3 Å². The number of benzene rings is 2. The van der Waals surface area contributed by atoms with Crippen molar-refractivity contribution in [1.82, 2.24) is 10.6 Å². The van der Waals surface area contributed by atoms with E-state index in [2.05, 4.69) is 10.6 Å². The molecule has 2 amide bonds. The second-order valence-electron chi connectivity index (χ2n) is 6.60. The van der Waals surface area contributed by atoms with Gasteiger partial charge < -0.3 is 20.1 Å². The first-order valence-electron chi connectivity index (χ1n) is 8.71. The van der Waals surface area contributed by atoms with Crippen molar-refractivity contribution in [2.24, 2.45) is 0 Å². The van der Waals surface area contributed by atoms with Crippen LogP contribution in [-0.2, 0) is 10.3 Å².